The summed E-state index contributed by atoms with van der Waals surface area (Å²) in [6.45, 7) is 1.83. The first-order chi connectivity index (χ1) is 6.38. The molecule has 0 atom stereocenters. The number of hydrogen-bond acceptors (Lipinski definition) is 2. The van der Waals surface area contributed by atoms with E-state index in [0.29, 0.717) is 10.6 Å². The lowest BCUT2D eigenvalue weighted by atomic mass is 10.1. The predicted molar refractivity (Wildman–Crippen MR) is 57.9 cm³/mol. The molecule has 1 aromatic rings. The highest BCUT2D eigenvalue weighted by molar-refractivity contribution is 7.95. The molecule has 0 spiro atoms. The standard InChI is InChI=1S/C10H9ClO2S/c1-8-7-10(11)4-3-9(8)5-6-14(2,12)13/h3-4,7H,1-2H3. The summed E-state index contributed by atoms with van der Waals surface area (Å²) >= 11 is 5.74. The Morgan fingerprint density at radius 3 is 2.50 bits per heavy atom. The van der Waals surface area contributed by atoms with Crippen molar-refractivity contribution < 1.29 is 8.42 Å². The highest BCUT2D eigenvalue weighted by Crippen LogP contribution is 2.14. The molecule has 0 amide bonds. The lowest BCUT2D eigenvalue weighted by Gasteiger charge is -1.97. The highest BCUT2D eigenvalue weighted by atomic mass is 35.5. The van der Waals surface area contributed by atoms with Crippen molar-refractivity contribution in [1.82, 2.24) is 0 Å². The average molecular weight is 229 g/mol. The first-order valence-electron chi connectivity index (χ1n) is 3.87. The maximum Gasteiger partial charge on any atom is 0.214 e. The van der Waals surface area contributed by atoms with Gasteiger partial charge in [-0.3, -0.25) is 0 Å². The summed E-state index contributed by atoms with van der Waals surface area (Å²) < 4.78 is 21.6. The van der Waals surface area contributed by atoms with Gasteiger partial charge in [-0.15, -0.1) is 0 Å². The van der Waals surface area contributed by atoms with Crippen LogP contribution >= 0.6 is 11.6 Å². The Balaban J connectivity index is 3.15. The molecule has 0 radical (unpaired) electrons. The molecular formula is C10H9ClO2S. The Bertz CT molecular complexity index is 507. The quantitative estimate of drug-likeness (QED) is 0.637. The van der Waals surface area contributed by atoms with Gasteiger partial charge in [0, 0.05) is 15.8 Å². The van der Waals surface area contributed by atoms with Gasteiger partial charge in [-0.1, -0.05) is 11.6 Å². The number of benzene rings is 1. The highest BCUT2D eigenvalue weighted by Gasteiger charge is 1.97. The Kier molecular flexibility index (Phi) is 3.20. The van der Waals surface area contributed by atoms with E-state index in [0.717, 1.165) is 11.8 Å². The van der Waals surface area contributed by atoms with E-state index in [1.165, 1.54) is 0 Å². The van der Waals surface area contributed by atoms with Crippen LogP contribution in [-0.4, -0.2) is 14.7 Å². The van der Waals surface area contributed by atoms with Crippen molar-refractivity contribution in [1.29, 1.82) is 0 Å². The molecule has 4 heteroatoms. The number of aryl methyl sites for hydroxylation is 1. The second-order valence-corrected chi connectivity index (χ2v) is 5.14. The lowest BCUT2D eigenvalue weighted by Crippen LogP contribution is -1.90. The Labute approximate surface area is 88.8 Å². The molecule has 1 rings (SSSR count). The lowest BCUT2D eigenvalue weighted by molar-refractivity contribution is 0.611. The van der Waals surface area contributed by atoms with Crippen LogP contribution in [0.1, 0.15) is 11.1 Å². The van der Waals surface area contributed by atoms with Gasteiger partial charge in [0.1, 0.15) is 0 Å². The van der Waals surface area contributed by atoms with Gasteiger partial charge in [-0.05, 0) is 36.6 Å². The van der Waals surface area contributed by atoms with E-state index in [1.807, 2.05) is 6.92 Å². The summed E-state index contributed by atoms with van der Waals surface area (Å²) in [5.74, 6) is 2.58. The molecule has 74 valence electrons. The zero-order chi connectivity index (χ0) is 10.8. The largest absolute Gasteiger partial charge is 0.216 e. The Morgan fingerprint density at radius 2 is 2.00 bits per heavy atom. The molecule has 0 aromatic heterocycles. The van der Waals surface area contributed by atoms with Crippen molar-refractivity contribution in [2.24, 2.45) is 0 Å². The molecule has 0 aliphatic heterocycles. The third kappa shape index (κ3) is 3.41. The molecule has 2 nitrogen and oxygen atoms in total. The van der Waals surface area contributed by atoms with Crippen LogP contribution in [0.25, 0.3) is 0 Å². The fraction of sp³-hybridized carbons (Fsp3) is 0.200. The van der Waals surface area contributed by atoms with Crippen molar-refractivity contribution in [3.8, 4) is 11.2 Å². The van der Waals surface area contributed by atoms with Crippen LogP contribution in [0.15, 0.2) is 18.2 Å². The fourth-order valence-corrected chi connectivity index (χ4v) is 1.44. The summed E-state index contributed by atoms with van der Waals surface area (Å²) in [5.41, 5.74) is 1.55. The monoisotopic (exact) mass is 228 g/mol. The third-order valence-electron chi connectivity index (χ3n) is 1.56. The molecule has 0 aliphatic carbocycles. The first kappa shape index (κ1) is 11.1. The number of halogens is 1. The van der Waals surface area contributed by atoms with Crippen LogP contribution in [0.4, 0.5) is 0 Å². The first-order valence-corrected chi connectivity index (χ1v) is 6.14. The zero-order valence-electron chi connectivity index (χ0n) is 7.83. The van der Waals surface area contributed by atoms with Crippen molar-refractivity contribution >= 4 is 21.4 Å². The van der Waals surface area contributed by atoms with Gasteiger partial charge >= 0.3 is 0 Å². The van der Waals surface area contributed by atoms with E-state index in [9.17, 15) is 8.42 Å². The van der Waals surface area contributed by atoms with Gasteiger partial charge < -0.3 is 0 Å². The van der Waals surface area contributed by atoms with Crippen LogP contribution in [-0.2, 0) is 9.84 Å². The molecule has 0 aliphatic rings. The summed E-state index contributed by atoms with van der Waals surface area (Å²) in [4.78, 5) is 0. The van der Waals surface area contributed by atoms with Gasteiger partial charge in [0.05, 0.1) is 6.26 Å². The van der Waals surface area contributed by atoms with Crippen LogP contribution in [0.3, 0.4) is 0 Å². The maximum absolute atomic E-state index is 10.8. The Morgan fingerprint density at radius 1 is 1.36 bits per heavy atom. The predicted octanol–water partition coefficient (Wildman–Crippen LogP) is 2.00. The molecule has 0 unspecified atom stereocenters. The summed E-state index contributed by atoms with van der Waals surface area (Å²) in [6, 6.07) is 5.13. The Hall–Kier alpha value is -0.980. The third-order valence-corrected chi connectivity index (χ3v) is 2.27. The molecule has 0 bridgehead atoms. The van der Waals surface area contributed by atoms with Crippen molar-refractivity contribution in [2.45, 2.75) is 6.92 Å². The summed E-state index contributed by atoms with van der Waals surface area (Å²) in [5, 5.41) is 2.80. The minimum atomic E-state index is -3.24. The number of rotatable bonds is 0. The topological polar surface area (TPSA) is 34.1 Å². The molecule has 0 N–H and O–H groups in total. The van der Waals surface area contributed by atoms with E-state index in [1.54, 1.807) is 18.2 Å². The van der Waals surface area contributed by atoms with Crippen LogP contribution < -0.4 is 0 Å². The van der Waals surface area contributed by atoms with Crippen LogP contribution in [0, 0.1) is 18.1 Å². The van der Waals surface area contributed by atoms with Crippen molar-refractivity contribution in [3.05, 3.63) is 34.3 Å². The molecule has 0 fully saturated rings. The average Bonchev–Trinajstić information content (AvgIpc) is 2.00. The molecule has 0 saturated carbocycles. The normalized spacial score (nSPS) is 10.5. The zero-order valence-corrected chi connectivity index (χ0v) is 9.41. The van der Waals surface area contributed by atoms with Crippen LogP contribution in [0.2, 0.25) is 5.02 Å². The second kappa shape index (κ2) is 4.04. The number of hydrogen-bond donors (Lipinski definition) is 0. The van der Waals surface area contributed by atoms with Gasteiger partial charge in [0.15, 0.2) is 0 Å². The van der Waals surface area contributed by atoms with E-state index in [-0.39, 0.29) is 0 Å². The molecule has 0 saturated heterocycles. The molecule has 0 heterocycles. The molecule has 1 aromatic carbocycles. The van der Waals surface area contributed by atoms with Crippen molar-refractivity contribution in [2.75, 3.05) is 6.26 Å². The van der Waals surface area contributed by atoms with E-state index < -0.39 is 9.84 Å². The minimum absolute atomic E-state index is 0.618. The van der Waals surface area contributed by atoms with Gasteiger partial charge in [-0.2, -0.15) is 0 Å². The van der Waals surface area contributed by atoms with Gasteiger partial charge in [0.2, 0.25) is 9.84 Å². The molecular weight excluding hydrogens is 220 g/mol. The summed E-state index contributed by atoms with van der Waals surface area (Å²) in [6.07, 6.45) is 1.07. The van der Waals surface area contributed by atoms with Crippen LogP contribution in [0.5, 0.6) is 0 Å². The van der Waals surface area contributed by atoms with E-state index in [4.69, 9.17) is 11.6 Å². The van der Waals surface area contributed by atoms with E-state index in [2.05, 4.69) is 11.2 Å². The minimum Gasteiger partial charge on any atom is -0.216 e. The van der Waals surface area contributed by atoms with E-state index >= 15 is 0 Å². The van der Waals surface area contributed by atoms with Gasteiger partial charge in [-0.25, -0.2) is 8.42 Å². The smallest absolute Gasteiger partial charge is 0.214 e. The van der Waals surface area contributed by atoms with Gasteiger partial charge in [0.25, 0.3) is 0 Å². The van der Waals surface area contributed by atoms with Crippen molar-refractivity contribution in [3.63, 3.8) is 0 Å². The molecule has 14 heavy (non-hydrogen) atoms. The SMILES string of the molecule is Cc1cc(Cl)ccc1C#CS(C)(=O)=O. The maximum atomic E-state index is 10.8. The summed E-state index contributed by atoms with van der Waals surface area (Å²) in [7, 11) is -3.24. The number of sulfone groups is 1. The second-order valence-electron chi connectivity index (χ2n) is 2.96. The fourth-order valence-electron chi connectivity index (χ4n) is 0.915.